The summed E-state index contributed by atoms with van der Waals surface area (Å²) in [6.45, 7) is 5.39. The average Bonchev–Trinajstić information content (AvgIpc) is 3.10. The van der Waals surface area contributed by atoms with E-state index in [-0.39, 0.29) is 6.04 Å². The van der Waals surface area contributed by atoms with Crippen LogP contribution in [-0.2, 0) is 16.6 Å². The third-order valence-corrected chi connectivity index (χ3v) is 6.70. The molecule has 22 heavy (non-hydrogen) atoms. The minimum atomic E-state index is -3.35. The van der Waals surface area contributed by atoms with Crippen molar-refractivity contribution in [2.24, 2.45) is 0 Å². The third kappa shape index (κ3) is 3.06. The maximum atomic E-state index is 12.9. The molecule has 2 aliphatic rings. The first-order valence-electron chi connectivity index (χ1n) is 8.19. The molecule has 1 atom stereocenters. The molecule has 2 fully saturated rings. The summed E-state index contributed by atoms with van der Waals surface area (Å²) in [5, 5.41) is 3.33. The van der Waals surface area contributed by atoms with E-state index in [0.29, 0.717) is 26.2 Å². The van der Waals surface area contributed by atoms with Crippen molar-refractivity contribution in [1.29, 1.82) is 0 Å². The Morgan fingerprint density at radius 1 is 1.14 bits per heavy atom. The topological polar surface area (TPSA) is 52.7 Å². The fourth-order valence-corrected chi connectivity index (χ4v) is 5.14. The van der Waals surface area contributed by atoms with Crippen molar-refractivity contribution in [3.8, 4) is 0 Å². The second-order valence-corrected chi connectivity index (χ2v) is 7.92. The van der Waals surface area contributed by atoms with Crippen LogP contribution in [0.1, 0.15) is 36.9 Å². The second kappa shape index (κ2) is 6.66. The Balaban J connectivity index is 1.87. The highest BCUT2D eigenvalue weighted by molar-refractivity contribution is 7.86. The molecule has 2 aliphatic heterocycles. The zero-order valence-electron chi connectivity index (χ0n) is 13.2. The van der Waals surface area contributed by atoms with E-state index in [1.165, 1.54) is 5.56 Å². The smallest absolute Gasteiger partial charge is 0.282 e. The van der Waals surface area contributed by atoms with E-state index in [1.54, 1.807) is 8.61 Å². The van der Waals surface area contributed by atoms with E-state index in [1.807, 2.05) is 0 Å². The summed E-state index contributed by atoms with van der Waals surface area (Å²) in [6.07, 6.45) is 2.95. The van der Waals surface area contributed by atoms with Crippen LogP contribution in [0.5, 0.6) is 0 Å². The van der Waals surface area contributed by atoms with Crippen LogP contribution in [0, 0.1) is 0 Å². The van der Waals surface area contributed by atoms with Gasteiger partial charge in [0.1, 0.15) is 0 Å². The van der Waals surface area contributed by atoms with Gasteiger partial charge in [0.2, 0.25) is 0 Å². The largest absolute Gasteiger partial charge is 0.313 e. The Kier molecular flexibility index (Phi) is 4.82. The number of rotatable bonds is 4. The Morgan fingerprint density at radius 3 is 2.45 bits per heavy atom. The maximum Gasteiger partial charge on any atom is 0.282 e. The van der Waals surface area contributed by atoms with Crippen LogP contribution in [0.3, 0.4) is 0 Å². The number of nitrogens with zero attached hydrogens (tertiary/aromatic N) is 2. The summed E-state index contributed by atoms with van der Waals surface area (Å²) in [5.74, 6) is 0. The minimum absolute atomic E-state index is 0.106. The summed E-state index contributed by atoms with van der Waals surface area (Å²) < 4.78 is 29.2. The molecule has 2 heterocycles. The van der Waals surface area contributed by atoms with Gasteiger partial charge in [-0.2, -0.15) is 17.0 Å². The molecular weight excluding hydrogens is 298 g/mol. The summed E-state index contributed by atoms with van der Waals surface area (Å²) >= 11 is 0. The molecule has 0 amide bonds. The minimum Gasteiger partial charge on any atom is -0.313 e. The van der Waals surface area contributed by atoms with Crippen LogP contribution in [0.4, 0.5) is 0 Å². The van der Waals surface area contributed by atoms with Crippen molar-refractivity contribution in [3.05, 3.63) is 35.4 Å². The van der Waals surface area contributed by atoms with Crippen molar-refractivity contribution < 1.29 is 8.42 Å². The van der Waals surface area contributed by atoms with Crippen molar-refractivity contribution in [1.82, 2.24) is 13.9 Å². The van der Waals surface area contributed by atoms with Gasteiger partial charge < -0.3 is 5.32 Å². The lowest BCUT2D eigenvalue weighted by atomic mass is 10.0. The SMILES string of the molecule is CCc1ccc(C2CNCCN2S(=O)(=O)N2CCCC2)cc1. The monoisotopic (exact) mass is 323 g/mol. The van der Waals surface area contributed by atoms with E-state index >= 15 is 0 Å². The first-order valence-corrected chi connectivity index (χ1v) is 9.59. The van der Waals surface area contributed by atoms with Gasteiger partial charge in [-0.1, -0.05) is 31.2 Å². The lowest BCUT2D eigenvalue weighted by Crippen LogP contribution is -2.52. The summed E-state index contributed by atoms with van der Waals surface area (Å²) in [5.41, 5.74) is 2.36. The fourth-order valence-electron chi connectivity index (χ4n) is 3.29. The molecule has 3 rings (SSSR count). The van der Waals surface area contributed by atoms with Crippen LogP contribution in [-0.4, -0.2) is 49.8 Å². The van der Waals surface area contributed by atoms with E-state index in [9.17, 15) is 8.42 Å². The van der Waals surface area contributed by atoms with Crippen LogP contribution in [0.2, 0.25) is 0 Å². The van der Waals surface area contributed by atoms with Crippen LogP contribution >= 0.6 is 0 Å². The summed E-state index contributed by atoms with van der Waals surface area (Å²) in [6, 6.07) is 8.24. The van der Waals surface area contributed by atoms with Gasteiger partial charge in [-0.05, 0) is 30.4 Å². The molecule has 122 valence electrons. The molecule has 6 heteroatoms. The van der Waals surface area contributed by atoms with Gasteiger partial charge >= 0.3 is 0 Å². The highest BCUT2D eigenvalue weighted by Gasteiger charge is 2.38. The standard InChI is InChI=1S/C16H25N3O2S/c1-2-14-5-7-15(8-6-14)16-13-17-9-12-19(16)22(20,21)18-10-3-4-11-18/h5-8,16-17H,2-4,9-13H2,1H3. The predicted molar refractivity (Wildman–Crippen MR) is 87.9 cm³/mol. The van der Waals surface area contributed by atoms with Gasteiger partial charge in [0.25, 0.3) is 10.2 Å². The first kappa shape index (κ1) is 15.9. The number of hydrogen-bond donors (Lipinski definition) is 1. The van der Waals surface area contributed by atoms with E-state index in [4.69, 9.17) is 0 Å². The number of hydrogen-bond acceptors (Lipinski definition) is 3. The van der Waals surface area contributed by atoms with Crippen LogP contribution < -0.4 is 5.32 Å². The predicted octanol–water partition coefficient (Wildman–Crippen LogP) is 1.54. The molecule has 1 N–H and O–H groups in total. The molecule has 0 spiro atoms. The highest BCUT2D eigenvalue weighted by atomic mass is 32.2. The summed E-state index contributed by atoms with van der Waals surface area (Å²) in [7, 11) is -3.35. The van der Waals surface area contributed by atoms with E-state index in [0.717, 1.165) is 31.4 Å². The molecule has 1 aromatic carbocycles. The normalized spacial score (nSPS) is 24.7. The lowest BCUT2D eigenvalue weighted by molar-refractivity contribution is 0.252. The fraction of sp³-hybridized carbons (Fsp3) is 0.625. The average molecular weight is 323 g/mol. The van der Waals surface area contributed by atoms with Crippen molar-refractivity contribution >= 4 is 10.2 Å². The lowest BCUT2D eigenvalue weighted by Gasteiger charge is -2.37. The van der Waals surface area contributed by atoms with Gasteiger partial charge in [0.15, 0.2) is 0 Å². The number of piperazine rings is 1. The molecule has 0 aromatic heterocycles. The molecular formula is C16H25N3O2S. The van der Waals surface area contributed by atoms with Gasteiger partial charge in [-0.3, -0.25) is 0 Å². The Bertz CT molecular complexity index is 594. The maximum absolute atomic E-state index is 12.9. The van der Waals surface area contributed by atoms with Gasteiger partial charge in [0.05, 0.1) is 6.04 Å². The van der Waals surface area contributed by atoms with E-state index < -0.39 is 10.2 Å². The Labute approximate surface area is 133 Å². The number of nitrogens with one attached hydrogen (secondary N) is 1. The molecule has 2 saturated heterocycles. The zero-order valence-corrected chi connectivity index (χ0v) is 14.0. The second-order valence-electron chi connectivity index (χ2n) is 6.04. The van der Waals surface area contributed by atoms with Crippen molar-refractivity contribution in [2.75, 3.05) is 32.7 Å². The molecule has 0 bridgehead atoms. The summed E-state index contributed by atoms with van der Waals surface area (Å²) in [4.78, 5) is 0. The molecule has 1 unspecified atom stereocenters. The van der Waals surface area contributed by atoms with Crippen molar-refractivity contribution in [3.63, 3.8) is 0 Å². The first-order chi connectivity index (χ1) is 10.6. The molecule has 5 nitrogen and oxygen atoms in total. The van der Waals surface area contributed by atoms with Crippen molar-refractivity contribution in [2.45, 2.75) is 32.2 Å². The third-order valence-electron chi connectivity index (χ3n) is 4.65. The molecule has 1 aromatic rings. The van der Waals surface area contributed by atoms with Gasteiger partial charge in [-0.15, -0.1) is 0 Å². The molecule has 0 aliphatic carbocycles. The van der Waals surface area contributed by atoms with Crippen LogP contribution in [0.25, 0.3) is 0 Å². The number of benzene rings is 1. The van der Waals surface area contributed by atoms with Gasteiger partial charge in [-0.25, -0.2) is 0 Å². The quantitative estimate of drug-likeness (QED) is 0.914. The Morgan fingerprint density at radius 2 is 1.82 bits per heavy atom. The van der Waals surface area contributed by atoms with Crippen LogP contribution in [0.15, 0.2) is 24.3 Å². The van der Waals surface area contributed by atoms with Gasteiger partial charge in [0, 0.05) is 32.7 Å². The molecule has 0 radical (unpaired) electrons. The highest BCUT2D eigenvalue weighted by Crippen LogP contribution is 2.28. The Hall–Kier alpha value is -0.950. The van der Waals surface area contributed by atoms with E-state index in [2.05, 4.69) is 36.5 Å². The zero-order chi connectivity index (χ0) is 15.6. The molecule has 0 saturated carbocycles. The number of aryl methyl sites for hydroxylation is 1.